The number of nitrogens with zero attached hydrogens (tertiary/aromatic N) is 2. The molecule has 0 aliphatic heterocycles. The molecule has 1 fully saturated rings. The Kier molecular flexibility index (Phi) is 4.76. The number of hydrogen-bond acceptors (Lipinski definition) is 4. The fourth-order valence-corrected chi connectivity index (χ4v) is 2.88. The van der Waals surface area contributed by atoms with Gasteiger partial charge in [0, 0.05) is 18.3 Å². The van der Waals surface area contributed by atoms with Gasteiger partial charge in [0.25, 0.3) is 0 Å². The minimum Gasteiger partial charge on any atom is -0.279 e. The number of aromatic nitrogens is 2. The van der Waals surface area contributed by atoms with Crippen molar-refractivity contribution in [1.82, 2.24) is 15.4 Å². The van der Waals surface area contributed by atoms with Crippen molar-refractivity contribution in [3.05, 3.63) is 17.5 Å². The van der Waals surface area contributed by atoms with Crippen LogP contribution in [-0.2, 0) is 4.79 Å². The van der Waals surface area contributed by atoms with Crippen LogP contribution in [0.5, 0.6) is 0 Å². The summed E-state index contributed by atoms with van der Waals surface area (Å²) in [5.74, 6) is -0.237. The molecule has 0 bridgehead atoms. The largest absolute Gasteiger partial charge is 0.279 e. The molecule has 1 aliphatic rings. The van der Waals surface area contributed by atoms with Crippen LogP contribution in [0.25, 0.3) is 0 Å². The number of carbonyl (C=O) groups is 1. The third-order valence-electron chi connectivity index (χ3n) is 3.56. The highest BCUT2D eigenvalue weighted by molar-refractivity contribution is 7.18. The normalized spacial score (nSPS) is 29.8. The van der Waals surface area contributed by atoms with Crippen molar-refractivity contribution in [1.29, 1.82) is 0 Å². The zero-order valence-electron chi connectivity index (χ0n) is 11.1. The topological polar surface area (TPSA) is 66.9 Å². The van der Waals surface area contributed by atoms with Gasteiger partial charge in [0.15, 0.2) is 11.0 Å². The first-order valence-corrected chi connectivity index (χ1v) is 7.35. The highest BCUT2D eigenvalue weighted by Gasteiger charge is 2.39. The molecule has 1 aliphatic carbocycles. The summed E-state index contributed by atoms with van der Waals surface area (Å²) in [5.41, 5.74) is 5.15. The smallest absolute Gasteiger partial charge is 0.241 e. The van der Waals surface area contributed by atoms with Crippen LogP contribution in [0.1, 0.15) is 26.2 Å². The average molecular weight is 319 g/mol. The first-order chi connectivity index (χ1) is 9.39. The third-order valence-corrected chi connectivity index (χ3v) is 4.36. The number of halogens is 2. The number of nitrogens with one attached hydrogen (secondary N) is 2. The minimum absolute atomic E-state index is 0.138. The number of hydrogen-bond donors (Lipinski definition) is 2. The fourth-order valence-electron chi connectivity index (χ4n) is 2.31. The Morgan fingerprint density at radius 1 is 1.55 bits per heavy atom. The molecular formula is C12H17ClFN4OP. The highest BCUT2D eigenvalue weighted by atomic mass is 35.5. The van der Waals surface area contributed by atoms with Crippen LogP contribution in [-0.4, -0.2) is 21.3 Å². The second kappa shape index (κ2) is 6.19. The van der Waals surface area contributed by atoms with Crippen LogP contribution >= 0.6 is 20.8 Å². The Morgan fingerprint density at radius 3 is 2.95 bits per heavy atom. The zero-order valence-corrected chi connectivity index (χ0v) is 13.0. The fraction of sp³-hybridized carbons (Fsp3) is 0.583. The van der Waals surface area contributed by atoms with Crippen molar-refractivity contribution in [3.63, 3.8) is 0 Å². The predicted octanol–water partition coefficient (Wildman–Crippen LogP) is 2.55. The van der Waals surface area contributed by atoms with E-state index < -0.39 is 5.41 Å². The van der Waals surface area contributed by atoms with E-state index in [1.54, 1.807) is 0 Å². The molecule has 1 aromatic heterocycles. The lowest BCUT2D eigenvalue weighted by atomic mass is 9.78. The molecule has 20 heavy (non-hydrogen) atoms. The SMILES string of the molecule is CC1CCC(F)(P)CC1C(=O)NNc1nccnc1Cl. The maximum absolute atomic E-state index is 14.0. The number of amides is 1. The molecule has 0 aromatic carbocycles. The van der Waals surface area contributed by atoms with E-state index in [2.05, 4.69) is 30.1 Å². The number of carbonyl (C=O) groups excluding carboxylic acids is 1. The summed E-state index contributed by atoms with van der Waals surface area (Å²) >= 11 is 5.82. The quantitative estimate of drug-likeness (QED) is 0.664. The summed E-state index contributed by atoms with van der Waals surface area (Å²) < 4.78 is 14.0. The van der Waals surface area contributed by atoms with Gasteiger partial charge in [-0.3, -0.25) is 15.6 Å². The second-order valence-electron chi connectivity index (χ2n) is 5.17. The molecule has 5 nitrogen and oxygen atoms in total. The van der Waals surface area contributed by atoms with Crippen molar-refractivity contribution in [3.8, 4) is 0 Å². The average Bonchev–Trinajstić information content (AvgIpc) is 2.40. The van der Waals surface area contributed by atoms with E-state index in [0.29, 0.717) is 12.8 Å². The Labute approximate surface area is 124 Å². The van der Waals surface area contributed by atoms with Gasteiger partial charge >= 0.3 is 0 Å². The molecule has 0 spiro atoms. The zero-order chi connectivity index (χ0) is 14.8. The van der Waals surface area contributed by atoms with E-state index in [1.807, 2.05) is 6.92 Å². The molecule has 1 heterocycles. The van der Waals surface area contributed by atoms with Crippen LogP contribution in [0.2, 0.25) is 5.15 Å². The predicted molar refractivity (Wildman–Crippen MR) is 78.9 cm³/mol. The van der Waals surface area contributed by atoms with Gasteiger partial charge in [0.1, 0.15) is 5.41 Å². The molecule has 0 saturated heterocycles. The second-order valence-corrected chi connectivity index (χ2v) is 6.56. The van der Waals surface area contributed by atoms with Crippen molar-refractivity contribution in [2.75, 3.05) is 5.43 Å². The standard InChI is InChI=1S/C12H17ClFN4OP/c1-7-2-3-12(14,20)6-8(7)11(19)18-17-10-9(13)15-4-5-16-10/h4-5,7-8H,2-3,6,20H2,1H3,(H,16,17)(H,18,19). The van der Waals surface area contributed by atoms with Gasteiger partial charge in [-0.15, -0.1) is 0 Å². The van der Waals surface area contributed by atoms with E-state index in [1.165, 1.54) is 12.4 Å². The van der Waals surface area contributed by atoms with E-state index in [9.17, 15) is 9.18 Å². The molecule has 1 saturated carbocycles. The lowest BCUT2D eigenvalue weighted by molar-refractivity contribution is -0.128. The van der Waals surface area contributed by atoms with Crippen molar-refractivity contribution < 1.29 is 9.18 Å². The molecular weight excluding hydrogens is 302 g/mol. The molecule has 4 atom stereocenters. The van der Waals surface area contributed by atoms with Crippen LogP contribution in [0.4, 0.5) is 10.2 Å². The van der Waals surface area contributed by atoms with Gasteiger partial charge in [0.2, 0.25) is 5.91 Å². The summed E-state index contributed by atoms with van der Waals surface area (Å²) in [7, 11) is 2.20. The Bertz CT molecular complexity index is 502. The first-order valence-electron chi connectivity index (χ1n) is 6.39. The van der Waals surface area contributed by atoms with E-state index >= 15 is 0 Å². The Hall–Kier alpha value is -1.00. The number of hydrazine groups is 1. The number of rotatable bonds is 3. The summed E-state index contributed by atoms with van der Waals surface area (Å²) in [6.45, 7) is 1.96. The van der Waals surface area contributed by atoms with Gasteiger partial charge in [-0.1, -0.05) is 27.8 Å². The van der Waals surface area contributed by atoms with Crippen LogP contribution in [0, 0.1) is 11.8 Å². The third kappa shape index (κ3) is 3.76. The molecule has 2 rings (SSSR count). The summed E-state index contributed by atoms with van der Waals surface area (Å²) in [5, 5.41) is -1.20. The minimum atomic E-state index is -1.36. The molecule has 4 unspecified atom stereocenters. The Morgan fingerprint density at radius 2 is 2.25 bits per heavy atom. The van der Waals surface area contributed by atoms with Crippen LogP contribution < -0.4 is 10.9 Å². The first kappa shape index (κ1) is 15.4. The molecule has 8 heteroatoms. The van der Waals surface area contributed by atoms with Crippen molar-refractivity contribution in [2.24, 2.45) is 11.8 Å². The van der Waals surface area contributed by atoms with E-state index in [0.717, 1.165) is 0 Å². The molecule has 1 amide bonds. The molecule has 110 valence electrons. The van der Waals surface area contributed by atoms with Crippen LogP contribution in [0.3, 0.4) is 0 Å². The van der Waals surface area contributed by atoms with E-state index in [4.69, 9.17) is 11.6 Å². The van der Waals surface area contributed by atoms with Crippen molar-refractivity contribution >= 4 is 32.6 Å². The number of anilines is 1. The van der Waals surface area contributed by atoms with Gasteiger partial charge < -0.3 is 0 Å². The molecule has 0 radical (unpaired) electrons. The highest BCUT2D eigenvalue weighted by Crippen LogP contribution is 2.43. The van der Waals surface area contributed by atoms with Gasteiger partial charge in [-0.25, -0.2) is 14.4 Å². The summed E-state index contributed by atoms with van der Waals surface area (Å²) in [4.78, 5) is 19.9. The van der Waals surface area contributed by atoms with Gasteiger partial charge in [-0.05, 0) is 25.2 Å². The summed E-state index contributed by atoms with van der Waals surface area (Å²) in [6, 6.07) is 0. The molecule has 1 aromatic rings. The maximum atomic E-state index is 14.0. The van der Waals surface area contributed by atoms with E-state index in [-0.39, 0.29) is 35.1 Å². The maximum Gasteiger partial charge on any atom is 0.241 e. The number of alkyl halides is 1. The van der Waals surface area contributed by atoms with Crippen molar-refractivity contribution in [2.45, 2.75) is 31.6 Å². The lowest BCUT2D eigenvalue weighted by Gasteiger charge is -2.35. The Balaban J connectivity index is 1.96. The summed E-state index contributed by atoms with van der Waals surface area (Å²) in [6.07, 6.45) is 4.25. The monoisotopic (exact) mass is 318 g/mol. The lowest BCUT2D eigenvalue weighted by Crippen LogP contribution is -2.43. The van der Waals surface area contributed by atoms with Crippen LogP contribution in [0.15, 0.2) is 12.4 Å². The molecule has 2 N–H and O–H groups in total. The van der Waals surface area contributed by atoms with Gasteiger partial charge in [-0.2, -0.15) is 0 Å². The van der Waals surface area contributed by atoms with Gasteiger partial charge in [0.05, 0.1) is 0 Å².